The van der Waals surface area contributed by atoms with E-state index < -0.39 is 11.7 Å². The quantitative estimate of drug-likeness (QED) is 0.491. The molecule has 0 saturated carbocycles. The summed E-state index contributed by atoms with van der Waals surface area (Å²) in [4.78, 5) is 29.8. The van der Waals surface area contributed by atoms with Crippen molar-refractivity contribution >= 4 is 35.0 Å². The molecule has 0 spiro atoms. The van der Waals surface area contributed by atoms with Gasteiger partial charge in [-0.3, -0.25) is 14.5 Å². The van der Waals surface area contributed by atoms with Crippen molar-refractivity contribution in [1.82, 2.24) is 9.80 Å². The average molecular weight is 479 g/mol. The third kappa shape index (κ3) is 4.50. The number of ether oxygens (including phenoxy) is 1. The fraction of sp³-hybridized carbons (Fsp3) is 0.240. The minimum atomic E-state index is -0.476. The Balaban J connectivity index is 1.74. The highest BCUT2D eigenvalue weighted by atomic mass is 32.2. The zero-order valence-corrected chi connectivity index (χ0v) is 19.6. The highest BCUT2D eigenvalue weighted by Crippen LogP contribution is 2.45. The number of halogens is 1. The summed E-state index contributed by atoms with van der Waals surface area (Å²) in [7, 11) is 1.56. The maximum atomic E-state index is 15.0. The lowest BCUT2D eigenvalue weighted by Gasteiger charge is -2.34. The van der Waals surface area contributed by atoms with Gasteiger partial charge in [0.25, 0.3) is 5.91 Å². The van der Waals surface area contributed by atoms with E-state index >= 15 is 0 Å². The largest absolute Gasteiger partial charge is 0.497 e. The molecule has 2 aromatic carbocycles. The zero-order valence-electron chi connectivity index (χ0n) is 18.8. The van der Waals surface area contributed by atoms with Crippen LogP contribution in [0.15, 0.2) is 64.5 Å². The van der Waals surface area contributed by atoms with Crippen molar-refractivity contribution in [1.29, 1.82) is 5.26 Å². The van der Waals surface area contributed by atoms with Gasteiger partial charge < -0.3 is 14.5 Å². The van der Waals surface area contributed by atoms with E-state index in [2.05, 4.69) is 6.07 Å². The second-order valence-corrected chi connectivity index (χ2v) is 8.59. The van der Waals surface area contributed by atoms with Gasteiger partial charge >= 0.3 is 0 Å². The van der Waals surface area contributed by atoms with Crippen molar-refractivity contribution in [2.45, 2.75) is 6.92 Å². The van der Waals surface area contributed by atoms with Crippen LogP contribution in [0.4, 0.5) is 10.1 Å². The molecule has 0 N–H and O–H groups in total. The summed E-state index contributed by atoms with van der Waals surface area (Å²) in [5, 5.41) is 12.1. The summed E-state index contributed by atoms with van der Waals surface area (Å²) in [6.45, 7) is 2.97. The molecule has 0 unspecified atom stereocenters. The van der Waals surface area contributed by atoms with E-state index in [0.717, 1.165) is 5.56 Å². The van der Waals surface area contributed by atoms with Crippen LogP contribution >= 0.6 is 11.8 Å². The maximum absolute atomic E-state index is 15.0. The third-order valence-electron chi connectivity index (χ3n) is 5.74. The van der Waals surface area contributed by atoms with Crippen LogP contribution in [0.1, 0.15) is 12.5 Å². The van der Waals surface area contributed by atoms with Gasteiger partial charge in [-0.2, -0.15) is 5.26 Å². The van der Waals surface area contributed by atoms with Crippen LogP contribution < -0.4 is 9.64 Å². The van der Waals surface area contributed by atoms with Gasteiger partial charge in [-0.1, -0.05) is 36.0 Å². The standard InChI is InChI=1S/C25H23FN4O3S/c1-17(31)28-10-12-29(13-11-28)24(32)20(15-27)25-30(22-9-4-3-8-21(22)26)23(16-34-25)18-6-5-7-19(14-18)33-2/h3-9,14,16H,10-13H2,1-2H3/b25-20-. The molecule has 0 radical (unpaired) electrons. The summed E-state index contributed by atoms with van der Waals surface area (Å²) >= 11 is 1.20. The molecule has 2 heterocycles. The van der Waals surface area contributed by atoms with Gasteiger partial charge in [-0.25, -0.2) is 4.39 Å². The lowest BCUT2D eigenvalue weighted by atomic mass is 10.1. The number of methoxy groups -OCH3 is 1. The second-order valence-electron chi connectivity index (χ2n) is 7.73. The summed E-state index contributed by atoms with van der Waals surface area (Å²) in [6.07, 6.45) is 0. The number of hydrogen-bond donors (Lipinski definition) is 0. The van der Waals surface area contributed by atoms with E-state index in [1.165, 1.54) is 24.8 Å². The molecule has 34 heavy (non-hydrogen) atoms. The van der Waals surface area contributed by atoms with E-state index in [1.54, 1.807) is 51.5 Å². The Morgan fingerprint density at radius 2 is 1.76 bits per heavy atom. The Kier molecular flexibility index (Phi) is 6.89. The molecule has 2 aliphatic heterocycles. The number of piperazine rings is 1. The first-order valence-electron chi connectivity index (χ1n) is 10.7. The SMILES string of the molecule is COc1cccc(C2=CS/C(=C(/C#N)C(=O)N3CCN(C(C)=O)CC3)N2c2ccccc2F)c1. The molecule has 4 rings (SSSR count). The van der Waals surface area contributed by atoms with E-state index in [-0.39, 0.29) is 17.2 Å². The van der Waals surface area contributed by atoms with E-state index in [1.807, 2.05) is 18.2 Å². The number of benzene rings is 2. The Morgan fingerprint density at radius 1 is 1.06 bits per heavy atom. The molecule has 2 aromatic rings. The predicted octanol–water partition coefficient (Wildman–Crippen LogP) is 3.81. The van der Waals surface area contributed by atoms with Gasteiger partial charge in [0, 0.05) is 44.1 Å². The lowest BCUT2D eigenvalue weighted by Crippen LogP contribution is -2.50. The van der Waals surface area contributed by atoms with Crippen molar-refractivity contribution in [3.05, 3.63) is 75.9 Å². The van der Waals surface area contributed by atoms with Crippen molar-refractivity contribution in [2.24, 2.45) is 0 Å². The molecule has 2 amide bonds. The number of amides is 2. The molecule has 1 saturated heterocycles. The molecule has 174 valence electrons. The smallest absolute Gasteiger partial charge is 0.267 e. The second kappa shape index (κ2) is 10.0. The van der Waals surface area contributed by atoms with Gasteiger partial charge in [0.05, 0.1) is 18.5 Å². The monoisotopic (exact) mass is 478 g/mol. The molecular formula is C25H23FN4O3S. The molecule has 0 bridgehead atoms. The van der Waals surface area contributed by atoms with E-state index in [9.17, 15) is 19.2 Å². The number of nitrogens with zero attached hydrogens (tertiary/aromatic N) is 4. The number of hydrogen-bond acceptors (Lipinski definition) is 6. The van der Waals surface area contributed by atoms with Crippen LogP contribution in [0.2, 0.25) is 0 Å². The van der Waals surface area contributed by atoms with Gasteiger partial charge in [-0.15, -0.1) is 0 Å². The van der Waals surface area contributed by atoms with Crippen molar-refractivity contribution < 1.29 is 18.7 Å². The van der Waals surface area contributed by atoms with Crippen LogP contribution in [-0.2, 0) is 9.59 Å². The van der Waals surface area contributed by atoms with Gasteiger partial charge in [-0.05, 0) is 24.3 Å². The van der Waals surface area contributed by atoms with E-state index in [4.69, 9.17) is 4.74 Å². The Labute approximate surface area is 201 Å². The first-order valence-corrected chi connectivity index (χ1v) is 11.6. The molecular weight excluding hydrogens is 455 g/mol. The van der Waals surface area contributed by atoms with Crippen molar-refractivity contribution in [3.8, 4) is 11.8 Å². The van der Waals surface area contributed by atoms with Crippen LogP contribution in [0.5, 0.6) is 5.75 Å². The Bertz CT molecular complexity index is 1230. The molecule has 9 heteroatoms. The highest BCUT2D eigenvalue weighted by molar-refractivity contribution is 8.06. The fourth-order valence-corrected chi connectivity index (χ4v) is 4.94. The number of carbonyl (C=O) groups is 2. The van der Waals surface area contributed by atoms with Crippen molar-refractivity contribution in [3.63, 3.8) is 0 Å². The molecule has 1 fully saturated rings. The van der Waals surface area contributed by atoms with Crippen LogP contribution in [0.25, 0.3) is 5.70 Å². The first-order chi connectivity index (χ1) is 16.4. The van der Waals surface area contributed by atoms with Crippen LogP contribution in [-0.4, -0.2) is 54.9 Å². The molecule has 0 atom stereocenters. The normalized spacial score (nSPS) is 17.2. The summed E-state index contributed by atoms with van der Waals surface area (Å²) in [5.41, 5.74) is 1.55. The number of carbonyl (C=O) groups excluding carboxylic acids is 2. The topological polar surface area (TPSA) is 76.9 Å². The van der Waals surface area contributed by atoms with Crippen LogP contribution in [0.3, 0.4) is 0 Å². The first kappa shape index (κ1) is 23.4. The highest BCUT2D eigenvalue weighted by Gasteiger charge is 2.34. The number of para-hydroxylation sites is 1. The van der Waals surface area contributed by atoms with Crippen molar-refractivity contribution in [2.75, 3.05) is 38.2 Å². The van der Waals surface area contributed by atoms with Gasteiger partial charge in [0.15, 0.2) is 0 Å². The van der Waals surface area contributed by atoms with Crippen LogP contribution in [0, 0.1) is 17.1 Å². The molecule has 0 aromatic heterocycles. The Hall–Kier alpha value is -3.77. The molecule has 0 aliphatic carbocycles. The summed E-state index contributed by atoms with van der Waals surface area (Å²) in [6, 6.07) is 15.6. The molecule has 7 nitrogen and oxygen atoms in total. The van der Waals surface area contributed by atoms with Gasteiger partial charge in [0.2, 0.25) is 5.91 Å². The third-order valence-corrected chi connectivity index (χ3v) is 6.69. The number of anilines is 1. The van der Waals surface area contributed by atoms with Gasteiger partial charge in [0.1, 0.15) is 28.2 Å². The predicted molar refractivity (Wildman–Crippen MR) is 129 cm³/mol. The maximum Gasteiger partial charge on any atom is 0.267 e. The van der Waals surface area contributed by atoms with E-state index in [0.29, 0.717) is 42.7 Å². The summed E-state index contributed by atoms with van der Waals surface area (Å²) in [5.74, 6) is -0.324. The minimum Gasteiger partial charge on any atom is -0.497 e. The number of thioether (sulfide) groups is 1. The number of rotatable bonds is 4. The lowest BCUT2D eigenvalue weighted by molar-refractivity contribution is -0.136. The Morgan fingerprint density at radius 3 is 2.41 bits per heavy atom. The zero-order chi connectivity index (χ0) is 24.2. The average Bonchev–Trinajstić information content (AvgIpc) is 3.29. The minimum absolute atomic E-state index is 0.0461. The molecule has 2 aliphatic rings. The number of nitriles is 1. The summed E-state index contributed by atoms with van der Waals surface area (Å²) < 4.78 is 20.3. The fourth-order valence-electron chi connectivity index (χ4n) is 3.92.